The van der Waals surface area contributed by atoms with Crippen molar-refractivity contribution in [1.29, 1.82) is 0 Å². The molecule has 0 spiro atoms. The Balaban J connectivity index is 1.76. The molecule has 7 nitrogen and oxygen atoms in total. The molecule has 2 atom stereocenters. The molecular weight excluding hydrogens is 412 g/mol. The van der Waals surface area contributed by atoms with E-state index < -0.39 is 0 Å². The van der Waals surface area contributed by atoms with Crippen LogP contribution in [0.3, 0.4) is 0 Å². The third-order valence-electron chi connectivity index (χ3n) is 6.39. The summed E-state index contributed by atoms with van der Waals surface area (Å²) in [6, 6.07) is 12.1. The number of benzene rings is 2. The minimum absolute atomic E-state index is 0.00405. The summed E-state index contributed by atoms with van der Waals surface area (Å²) in [5.74, 6) is 5.42. The van der Waals surface area contributed by atoms with Crippen LogP contribution in [0, 0.1) is 6.92 Å². The third kappa shape index (κ3) is 5.92. The second-order valence-corrected chi connectivity index (χ2v) is 10.4. The van der Waals surface area contributed by atoms with Crippen LogP contribution in [0.1, 0.15) is 68.1 Å². The molecule has 178 valence electrons. The van der Waals surface area contributed by atoms with E-state index in [0.717, 1.165) is 35.5 Å². The zero-order valence-corrected chi connectivity index (χ0v) is 20.9. The number of nitrogens with one attached hydrogen (secondary N) is 3. The van der Waals surface area contributed by atoms with Crippen molar-refractivity contribution in [2.75, 3.05) is 17.8 Å². The molecule has 2 unspecified atom stereocenters. The van der Waals surface area contributed by atoms with E-state index in [1.165, 1.54) is 5.56 Å². The highest BCUT2D eigenvalue weighted by molar-refractivity contribution is 6.05. The first-order chi connectivity index (χ1) is 15.4. The van der Waals surface area contributed by atoms with E-state index in [9.17, 15) is 4.79 Å². The number of rotatable bonds is 8. The van der Waals surface area contributed by atoms with Crippen LogP contribution in [0.2, 0.25) is 0 Å². The fraction of sp³-hybridized carbons (Fsp3) is 0.462. The van der Waals surface area contributed by atoms with E-state index in [-0.39, 0.29) is 16.9 Å². The summed E-state index contributed by atoms with van der Waals surface area (Å²) in [6.07, 6.45) is 2.98. The van der Waals surface area contributed by atoms with Gasteiger partial charge in [0.05, 0.1) is 17.4 Å². The summed E-state index contributed by atoms with van der Waals surface area (Å²) in [5, 5.41) is 13.0. The number of nitrogens with two attached hydrogens (primary N) is 1. The Labute approximate surface area is 197 Å². The second kappa shape index (κ2) is 9.53. The van der Waals surface area contributed by atoms with Crippen LogP contribution < -0.4 is 21.9 Å². The van der Waals surface area contributed by atoms with Gasteiger partial charge in [-0.1, -0.05) is 32.9 Å². The fourth-order valence-corrected chi connectivity index (χ4v) is 3.96. The van der Waals surface area contributed by atoms with Crippen LogP contribution in [0.25, 0.3) is 0 Å². The maximum absolute atomic E-state index is 12.9. The topological polar surface area (TPSA) is 94.8 Å². The van der Waals surface area contributed by atoms with Gasteiger partial charge in [-0.3, -0.25) is 15.6 Å². The summed E-state index contributed by atoms with van der Waals surface area (Å²) in [5.41, 5.74) is 7.99. The molecule has 5 N–H and O–H groups in total. The molecule has 2 aromatic carbocycles. The number of nitrogens with zero attached hydrogens (tertiary/aromatic N) is 2. The average Bonchev–Trinajstić information content (AvgIpc) is 2.76. The van der Waals surface area contributed by atoms with Crippen LogP contribution in [0.5, 0.6) is 0 Å². The van der Waals surface area contributed by atoms with Crippen molar-refractivity contribution < 1.29 is 4.79 Å². The maximum Gasteiger partial charge on any atom is 0.255 e. The predicted octanol–water partition coefficient (Wildman–Crippen LogP) is 4.39. The molecule has 0 radical (unpaired) electrons. The number of carbonyl (C=O) groups is 1. The van der Waals surface area contributed by atoms with E-state index in [4.69, 9.17) is 5.84 Å². The van der Waals surface area contributed by atoms with Gasteiger partial charge >= 0.3 is 0 Å². The highest BCUT2D eigenvalue weighted by atomic mass is 16.1. The number of hydrogen-bond donors (Lipinski definition) is 4. The SMILES string of the molecule is Cc1ccc(C(=O)Nc2cc(CNC(C)CC3(C)C=NN3C)cc(C(C)(C)C)c2)cc1NN. The monoisotopic (exact) mass is 450 g/mol. The molecular formula is C26H38N6O. The van der Waals surface area contributed by atoms with Crippen LogP contribution in [0.4, 0.5) is 11.4 Å². The number of aryl methyl sites for hydroxylation is 1. The molecule has 2 aromatic rings. The van der Waals surface area contributed by atoms with Crippen molar-refractivity contribution in [3.63, 3.8) is 0 Å². The van der Waals surface area contributed by atoms with Gasteiger partial charge in [0.25, 0.3) is 5.91 Å². The molecule has 33 heavy (non-hydrogen) atoms. The number of nitrogen functional groups attached to an aromatic ring is 1. The van der Waals surface area contributed by atoms with E-state index in [1.54, 1.807) is 6.07 Å². The molecule has 0 aromatic heterocycles. The number of amides is 1. The van der Waals surface area contributed by atoms with Gasteiger partial charge in [0.2, 0.25) is 0 Å². The van der Waals surface area contributed by atoms with Crippen molar-refractivity contribution >= 4 is 23.5 Å². The van der Waals surface area contributed by atoms with Gasteiger partial charge in [-0.05, 0) is 73.6 Å². The van der Waals surface area contributed by atoms with Crippen LogP contribution in [-0.4, -0.2) is 35.8 Å². The summed E-state index contributed by atoms with van der Waals surface area (Å²) in [4.78, 5) is 12.9. The van der Waals surface area contributed by atoms with Crippen molar-refractivity contribution in [3.05, 3.63) is 58.7 Å². The van der Waals surface area contributed by atoms with Crippen LogP contribution in [0.15, 0.2) is 41.5 Å². The first kappa shape index (κ1) is 24.7. The zero-order chi connectivity index (χ0) is 24.4. The molecule has 3 rings (SSSR count). The zero-order valence-electron chi connectivity index (χ0n) is 20.9. The summed E-state index contributed by atoms with van der Waals surface area (Å²) >= 11 is 0. The lowest BCUT2D eigenvalue weighted by Gasteiger charge is -2.42. The van der Waals surface area contributed by atoms with Crippen molar-refractivity contribution in [2.45, 2.75) is 71.5 Å². The van der Waals surface area contributed by atoms with Gasteiger partial charge in [-0.15, -0.1) is 0 Å². The molecule has 1 amide bonds. The molecule has 1 heterocycles. The van der Waals surface area contributed by atoms with Gasteiger partial charge in [-0.2, -0.15) is 5.10 Å². The molecule has 0 fully saturated rings. The van der Waals surface area contributed by atoms with E-state index >= 15 is 0 Å². The standard InChI is InChI=1S/C26H38N6O/c1-17-8-9-20(12-23(17)31-27)24(33)30-22-11-19(10-21(13-22)25(3,4)5)15-28-18(2)14-26(6)16-29-32(26)7/h8-13,16,18,28,31H,14-15,27H2,1-7H3,(H,30,33). The summed E-state index contributed by atoms with van der Waals surface area (Å²) < 4.78 is 0. The Morgan fingerprint density at radius 2 is 1.94 bits per heavy atom. The predicted molar refractivity (Wildman–Crippen MR) is 138 cm³/mol. The third-order valence-corrected chi connectivity index (χ3v) is 6.39. The number of hydrazine groups is 1. The smallest absolute Gasteiger partial charge is 0.255 e. The molecule has 0 saturated heterocycles. The first-order valence-electron chi connectivity index (χ1n) is 11.5. The van der Waals surface area contributed by atoms with E-state index in [1.807, 2.05) is 43.4 Å². The Kier molecular flexibility index (Phi) is 7.14. The van der Waals surface area contributed by atoms with E-state index in [2.05, 4.69) is 67.9 Å². The highest BCUT2D eigenvalue weighted by Crippen LogP contribution is 2.28. The lowest BCUT2D eigenvalue weighted by atomic mass is 9.85. The van der Waals surface area contributed by atoms with Gasteiger partial charge in [0.15, 0.2) is 0 Å². The molecule has 7 heteroatoms. The second-order valence-electron chi connectivity index (χ2n) is 10.4. The Morgan fingerprint density at radius 1 is 1.21 bits per heavy atom. The Bertz CT molecular complexity index is 1040. The lowest BCUT2D eigenvalue weighted by Crippen LogP contribution is -2.53. The normalized spacial score (nSPS) is 18.6. The summed E-state index contributed by atoms with van der Waals surface area (Å²) in [6.45, 7) is 13.6. The van der Waals surface area contributed by atoms with E-state index in [0.29, 0.717) is 11.6 Å². The van der Waals surface area contributed by atoms with Crippen LogP contribution in [-0.2, 0) is 12.0 Å². The maximum atomic E-state index is 12.9. The Hall–Kier alpha value is -2.90. The number of carbonyl (C=O) groups excluding carboxylic acids is 1. The van der Waals surface area contributed by atoms with Crippen LogP contribution >= 0.6 is 0 Å². The van der Waals surface area contributed by atoms with Crippen molar-refractivity contribution in [2.24, 2.45) is 10.9 Å². The fourth-order valence-electron chi connectivity index (χ4n) is 3.96. The number of hydrazone groups is 1. The molecule has 0 aliphatic carbocycles. The molecule has 1 aliphatic heterocycles. The minimum atomic E-state index is -0.162. The highest BCUT2D eigenvalue weighted by Gasteiger charge is 2.34. The molecule has 0 saturated carbocycles. The summed E-state index contributed by atoms with van der Waals surface area (Å²) in [7, 11) is 2.01. The van der Waals surface area contributed by atoms with Crippen molar-refractivity contribution in [3.8, 4) is 0 Å². The van der Waals surface area contributed by atoms with Gasteiger partial charge in [-0.25, -0.2) is 0 Å². The van der Waals surface area contributed by atoms with Gasteiger partial charge in [0, 0.05) is 30.9 Å². The van der Waals surface area contributed by atoms with Gasteiger partial charge in [0.1, 0.15) is 0 Å². The van der Waals surface area contributed by atoms with Crippen molar-refractivity contribution in [1.82, 2.24) is 10.3 Å². The molecule has 0 bridgehead atoms. The minimum Gasteiger partial charge on any atom is -0.324 e. The quantitative estimate of drug-likeness (QED) is 0.353. The number of hydrogen-bond acceptors (Lipinski definition) is 6. The van der Waals surface area contributed by atoms with Gasteiger partial charge < -0.3 is 16.1 Å². The lowest BCUT2D eigenvalue weighted by molar-refractivity contribution is 0.102. The average molecular weight is 451 g/mol. The largest absolute Gasteiger partial charge is 0.324 e. The molecule has 1 aliphatic rings. The first-order valence-corrected chi connectivity index (χ1v) is 11.5. The number of anilines is 2. The Morgan fingerprint density at radius 3 is 2.52 bits per heavy atom.